The summed E-state index contributed by atoms with van der Waals surface area (Å²) in [4.78, 5) is -0.272. The Morgan fingerprint density at radius 2 is 1.91 bits per heavy atom. The van der Waals surface area contributed by atoms with E-state index < -0.39 is 15.8 Å². The third-order valence-corrected chi connectivity index (χ3v) is 6.05. The molecule has 1 aromatic heterocycles. The molecule has 0 spiro atoms. The Hall–Kier alpha value is -1.80. The fourth-order valence-electron chi connectivity index (χ4n) is 2.61. The monoisotopic (exact) mass is 322 g/mol. The van der Waals surface area contributed by atoms with Crippen LogP contribution in [0.5, 0.6) is 0 Å². The number of rotatable bonds is 4. The average Bonchev–Trinajstić information content (AvgIpc) is 3.17. The van der Waals surface area contributed by atoms with Crippen LogP contribution in [0, 0.1) is 5.82 Å². The molecule has 1 saturated carbocycles. The molecule has 4 rings (SSSR count). The summed E-state index contributed by atoms with van der Waals surface area (Å²) in [5, 5.41) is 8.20. The average molecular weight is 322 g/mol. The van der Waals surface area contributed by atoms with Gasteiger partial charge in [0.1, 0.15) is 10.7 Å². The zero-order chi connectivity index (χ0) is 15.3. The molecular formula is C14H15FN4O2S. The molecular weight excluding hydrogens is 307 g/mol. The van der Waals surface area contributed by atoms with E-state index in [4.69, 9.17) is 0 Å². The molecule has 1 aliphatic heterocycles. The Labute approximate surface area is 127 Å². The van der Waals surface area contributed by atoms with Crippen LogP contribution in [0.1, 0.15) is 30.5 Å². The summed E-state index contributed by atoms with van der Waals surface area (Å²) in [5.74, 6) is -0.199. The van der Waals surface area contributed by atoms with Crippen molar-refractivity contribution in [3.8, 4) is 0 Å². The lowest BCUT2D eigenvalue weighted by Crippen LogP contribution is -2.50. The molecule has 2 fully saturated rings. The summed E-state index contributed by atoms with van der Waals surface area (Å²) < 4.78 is 41.4. The molecule has 0 amide bonds. The lowest BCUT2D eigenvalue weighted by atomic mass is 10.2. The number of aromatic nitrogens is 3. The molecule has 0 bridgehead atoms. The quantitative estimate of drug-likeness (QED) is 0.856. The maximum absolute atomic E-state index is 13.7. The highest BCUT2D eigenvalue weighted by Crippen LogP contribution is 2.39. The topological polar surface area (TPSA) is 68.1 Å². The minimum Gasteiger partial charge on any atom is -0.247 e. The minimum absolute atomic E-state index is 0.0263. The van der Waals surface area contributed by atoms with E-state index in [1.807, 2.05) is 6.20 Å². The van der Waals surface area contributed by atoms with Gasteiger partial charge >= 0.3 is 0 Å². The zero-order valence-electron chi connectivity index (χ0n) is 11.8. The highest BCUT2D eigenvalue weighted by molar-refractivity contribution is 7.89. The second kappa shape index (κ2) is 4.85. The van der Waals surface area contributed by atoms with Crippen molar-refractivity contribution < 1.29 is 12.8 Å². The normalized spacial score (nSPS) is 20.0. The number of sulfonamides is 1. The van der Waals surface area contributed by atoms with Crippen molar-refractivity contribution >= 4 is 10.0 Å². The molecule has 2 heterocycles. The minimum atomic E-state index is -3.77. The summed E-state index contributed by atoms with van der Waals surface area (Å²) in [7, 11) is -3.77. The number of halogens is 1. The van der Waals surface area contributed by atoms with Gasteiger partial charge in [0.25, 0.3) is 0 Å². The van der Waals surface area contributed by atoms with E-state index in [9.17, 15) is 12.8 Å². The van der Waals surface area contributed by atoms with Crippen molar-refractivity contribution in [2.75, 3.05) is 13.1 Å². The molecule has 22 heavy (non-hydrogen) atoms. The van der Waals surface area contributed by atoms with Crippen molar-refractivity contribution in [1.29, 1.82) is 0 Å². The van der Waals surface area contributed by atoms with Gasteiger partial charge in [-0.3, -0.25) is 0 Å². The number of nitrogens with zero attached hydrogens (tertiary/aromatic N) is 4. The zero-order valence-corrected chi connectivity index (χ0v) is 12.6. The van der Waals surface area contributed by atoms with Gasteiger partial charge in [-0.25, -0.2) is 17.5 Å². The summed E-state index contributed by atoms with van der Waals surface area (Å²) in [5.41, 5.74) is 0.982. The van der Waals surface area contributed by atoms with Gasteiger partial charge in [-0.2, -0.15) is 4.31 Å². The van der Waals surface area contributed by atoms with Gasteiger partial charge in [-0.1, -0.05) is 17.3 Å². The van der Waals surface area contributed by atoms with E-state index >= 15 is 0 Å². The molecule has 116 valence electrons. The largest absolute Gasteiger partial charge is 0.247 e. The Morgan fingerprint density at radius 1 is 1.18 bits per heavy atom. The molecule has 2 aliphatic rings. The smallest absolute Gasteiger partial charge is 0.246 e. The lowest BCUT2D eigenvalue weighted by molar-refractivity contribution is 0.188. The lowest BCUT2D eigenvalue weighted by Gasteiger charge is -2.37. The Bertz CT molecular complexity index is 810. The molecule has 2 aromatic rings. The van der Waals surface area contributed by atoms with Crippen molar-refractivity contribution in [1.82, 2.24) is 19.3 Å². The highest BCUT2D eigenvalue weighted by Gasteiger charge is 2.40. The van der Waals surface area contributed by atoms with Gasteiger partial charge in [0, 0.05) is 25.2 Å². The first kappa shape index (κ1) is 13.8. The molecule has 8 heteroatoms. The van der Waals surface area contributed by atoms with Gasteiger partial charge < -0.3 is 0 Å². The second-order valence-electron chi connectivity index (χ2n) is 5.80. The summed E-state index contributed by atoms with van der Waals surface area (Å²) >= 11 is 0. The molecule has 1 saturated heterocycles. The SMILES string of the molecule is O=S(=O)(c1ccccc1F)N1CC(n2cc(C3CC3)nn2)C1. The molecule has 0 N–H and O–H groups in total. The van der Waals surface area contributed by atoms with Crippen LogP contribution in [0.2, 0.25) is 0 Å². The third-order valence-electron chi connectivity index (χ3n) is 4.18. The second-order valence-corrected chi connectivity index (χ2v) is 7.71. The summed E-state index contributed by atoms with van der Waals surface area (Å²) in [6.07, 6.45) is 4.20. The maximum atomic E-state index is 13.7. The third kappa shape index (κ3) is 2.22. The fourth-order valence-corrected chi connectivity index (χ4v) is 4.19. The van der Waals surface area contributed by atoms with Crippen LogP contribution in [-0.4, -0.2) is 40.8 Å². The van der Waals surface area contributed by atoms with Crippen LogP contribution < -0.4 is 0 Å². The first-order chi connectivity index (χ1) is 10.6. The van der Waals surface area contributed by atoms with Crippen LogP contribution in [0.25, 0.3) is 0 Å². The molecule has 6 nitrogen and oxygen atoms in total. The van der Waals surface area contributed by atoms with Crippen molar-refractivity contribution in [2.45, 2.75) is 29.7 Å². The van der Waals surface area contributed by atoms with Gasteiger partial charge in [-0.15, -0.1) is 5.10 Å². The van der Waals surface area contributed by atoms with E-state index in [2.05, 4.69) is 10.3 Å². The molecule has 0 atom stereocenters. The van der Waals surface area contributed by atoms with E-state index in [1.165, 1.54) is 22.5 Å². The Balaban J connectivity index is 1.49. The Kier molecular flexibility index (Phi) is 3.05. The number of benzene rings is 1. The highest BCUT2D eigenvalue weighted by atomic mass is 32.2. The summed E-state index contributed by atoms with van der Waals surface area (Å²) in [6, 6.07) is 5.41. The standard InChI is InChI=1S/C14H15FN4O2S/c15-12-3-1-2-4-14(12)22(20,21)18-7-11(8-18)19-9-13(16-17-19)10-5-6-10/h1-4,9-11H,5-8H2. The number of hydrogen-bond acceptors (Lipinski definition) is 4. The van der Waals surface area contributed by atoms with E-state index in [-0.39, 0.29) is 10.9 Å². The van der Waals surface area contributed by atoms with Crippen LogP contribution >= 0.6 is 0 Å². The van der Waals surface area contributed by atoms with Crippen LogP contribution in [0.4, 0.5) is 4.39 Å². The molecule has 1 aromatic carbocycles. The predicted octanol–water partition coefficient (Wildman–Crippen LogP) is 1.54. The molecule has 1 aliphatic carbocycles. The van der Waals surface area contributed by atoms with Gasteiger partial charge in [0.05, 0.1) is 11.7 Å². The maximum Gasteiger partial charge on any atom is 0.246 e. The van der Waals surface area contributed by atoms with Crippen molar-refractivity contribution in [3.63, 3.8) is 0 Å². The summed E-state index contributed by atoms with van der Waals surface area (Å²) in [6.45, 7) is 0.592. The van der Waals surface area contributed by atoms with Crippen LogP contribution in [-0.2, 0) is 10.0 Å². The number of hydrogen-bond donors (Lipinski definition) is 0. The van der Waals surface area contributed by atoms with E-state index in [1.54, 1.807) is 4.68 Å². The van der Waals surface area contributed by atoms with Gasteiger partial charge in [0.2, 0.25) is 10.0 Å². The van der Waals surface area contributed by atoms with Gasteiger partial charge in [0.15, 0.2) is 0 Å². The van der Waals surface area contributed by atoms with E-state index in [0.717, 1.165) is 24.6 Å². The first-order valence-electron chi connectivity index (χ1n) is 7.22. The van der Waals surface area contributed by atoms with Crippen molar-refractivity contribution in [3.05, 3.63) is 42.0 Å². The van der Waals surface area contributed by atoms with Gasteiger partial charge in [-0.05, 0) is 25.0 Å². The van der Waals surface area contributed by atoms with E-state index in [0.29, 0.717) is 19.0 Å². The van der Waals surface area contributed by atoms with Crippen molar-refractivity contribution in [2.24, 2.45) is 0 Å². The van der Waals surface area contributed by atoms with Crippen LogP contribution in [0.3, 0.4) is 0 Å². The Morgan fingerprint density at radius 3 is 2.59 bits per heavy atom. The van der Waals surface area contributed by atoms with Crippen LogP contribution in [0.15, 0.2) is 35.4 Å². The molecule has 0 unspecified atom stereocenters. The first-order valence-corrected chi connectivity index (χ1v) is 8.66. The predicted molar refractivity (Wildman–Crippen MR) is 76.2 cm³/mol. The molecule has 0 radical (unpaired) electrons. The fraction of sp³-hybridized carbons (Fsp3) is 0.429.